The number of aromatic nitrogens is 3. The number of rotatable bonds is 4. The molecule has 0 atom stereocenters. The molecule has 0 spiro atoms. The van der Waals surface area contributed by atoms with Crippen LogP contribution in [0.3, 0.4) is 0 Å². The Bertz CT molecular complexity index is 1060. The molecule has 0 saturated heterocycles. The number of pyridine rings is 1. The number of aromatic hydroxyl groups is 1. The highest BCUT2D eigenvalue weighted by molar-refractivity contribution is 5.75. The van der Waals surface area contributed by atoms with Gasteiger partial charge in [-0.2, -0.15) is 0 Å². The summed E-state index contributed by atoms with van der Waals surface area (Å²) in [6.45, 7) is 2.80. The fraction of sp³-hybridized carbons (Fsp3) is 0.0952. The fourth-order valence-corrected chi connectivity index (χ4v) is 2.76. The van der Waals surface area contributed by atoms with Crippen LogP contribution in [-0.2, 0) is 6.54 Å². The number of phenols is 1. The first-order valence-corrected chi connectivity index (χ1v) is 8.41. The van der Waals surface area contributed by atoms with Crippen LogP contribution in [0.1, 0.15) is 11.1 Å². The molecule has 128 valence electrons. The van der Waals surface area contributed by atoms with E-state index in [2.05, 4.69) is 39.3 Å². The van der Waals surface area contributed by atoms with Gasteiger partial charge in [0.15, 0.2) is 5.65 Å². The first-order valence-electron chi connectivity index (χ1n) is 8.41. The van der Waals surface area contributed by atoms with Crippen LogP contribution in [0.15, 0.2) is 66.9 Å². The smallest absolute Gasteiger partial charge is 0.180 e. The van der Waals surface area contributed by atoms with Gasteiger partial charge in [-0.3, -0.25) is 4.98 Å². The molecule has 0 fully saturated rings. The van der Waals surface area contributed by atoms with Gasteiger partial charge in [0.05, 0.1) is 11.9 Å². The van der Waals surface area contributed by atoms with Crippen LogP contribution >= 0.6 is 0 Å². The summed E-state index contributed by atoms with van der Waals surface area (Å²) < 4.78 is 0. The minimum atomic E-state index is 0.225. The Morgan fingerprint density at radius 1 is 0.923 bits per heavy atom. The van der Waals surface area contributed by atoms with Crippen molar-refractivity contribution in [2.75, 3.05) is 5.32 Å². The lowest BCUT2D eigenvalue weighted by Crippen LogP contribution is -2.03. The topological polar surface area (TPSA) is 70.9 Å². The number of anilines is 1. The monoisotopic (exact) mass is 342 g/mol. The molecule has 0 aliphatic heterocycles. The molecule has 0 aliphatic carbocycles. The molecular weight excluding hydrogens is 324 g/mol. The lowest BCUT2D eigenvalue weighted by molar-refractivity contribution is 0.475. The number of fused-ring (bicyclic) bond motifs is 1. The molecule has 4 aromatic rings. The van der Waals surface area contributed by atoms with Gasteiger partial charge in [-0.25, -0.2) is 9.97 Å². The third-order valence-electron chi connectivity index (χ3n) is 4.29. The largest absolute Gasteiger partial charge is 0.508 e. The van der Waals surface area contributed by atoms with Crippen molar-refractivity contribution >= 4 is 17.0 Å². The van der Waals surface area contributed by atoms with E-state index >= 15 is 0 Å². The highest BCUT2D eigenvalue weighted by atomic mass is 16.3. The SMILES string of the molecule is Cc1ccccc1CNc1ccc2ncc(-c3ccc(O)cc3)nc2n1. The summed E-state index contributed by atoms with van der Waals surface area (Å²) in [4.78, 5) is 13.6. The molecule has 2 aromatic carbocycles. The quantitative estimate of drug-likeness (QED) is 0.578. The molecule has 5 nitrogen and oxygen atoms in total. The second-order valence-corrected chi connectivity index (χ2v) is 6.12. The Hall–Kier alpha value is -3.47. The summed E-state index contributed by atoms with van der Waals surface area (Å²) >= 11 is 0. The summed E-state index contributed by atoms with van der Waals surface area (Å²) in [6.07, 6.45) is 1.72. The molecule has 2 aromatic heterocycles. The van der Waals surface area contributed by atoms with E-state index in [1.54, 1.807) is 18.3 Å². The molecule has 4 rings (SSSR count). The van der Waals surface area contributed by atoms with Gasteiger partial charge in [0, 0.05) is 12.1 Å². The van der Waals surface area contributed by atoms with Crippen LogP contribution in [0.2, 0.25) is 0 Å². The van der Waals surface area contributed by atoms with Crippen molar-refractivity contribution in [3.05, 3.63) is 78.0 Å². The van der Waals surface area contributed by atoms with Gasteiger partial charge < -0.3 is 10.4 Å². The van der Waals surface area contributed by atoms with Crippen molar-refractivity contribution in [2.45, 2.75) is 13.5 Å². The van der Waals surface area contributed by atoms with E-state index in [-0.39, 0.29) is 5.75 Å². The summed E-state index contributed by atoms with van der Waals surface area (Å²) in [7, 11) is 0. The normalized spacial score (nSPS) is 10.8. The number of aryl methyl sites for hydroxylation is 1. The van der Waals surface area contributed by atoms with Crippen molar-refractivity contribution in [2.24, 2.45) is 0 Å². The highest BCUT2D eigenvalue weighted by Gasteiger charge is 2.06. The van der Waals surface area contributed by atoms with Crippen molar-refractivity contribution in [3.8, 4) is 17.0 Å². The number of benzene rings is 2. The van der Waals surface area contributed by atoms with E-state index in [1.807, 2.05) is 36.4 Å². The zero-order valence-corrected chi connectivity index (χ0v) is 14.3. The second-order valence-electron chi connectivity index (χ2n) is 6.12. The van der Waals surface area contributed by atoms with E-state index in [0.29, 0.717) is 12.2 Å². The van der Waals surface area contributed by atoms with Crippen molar-refractivity contribution in [1.82, 2.24) is 15.0 Å². The molecule has 0 radical (unpaired) electrons. The van der Waals surface area contributed by atoms with Crippen molar-refractivity contribution in [1.29, 1.82) is 0 Å². The molecule has 2 heterocycles. The average molecular weight is 342 g/mol. The molecule has 0 aliphatic rings. The minimum absolute atomic E-state index is 0.225. The van der Waals surface area contributed by atoms with Gasteiger partial charge in [0.2, 0.25) is 0 Å². The Morgan fingerprint density at radius 3 is 2.54 bits per heavy atom. The molecule has 0 amide bonds. The lowest BCUT2D eigenvalue weighted by atomic mass is 10.1. The van der Waals surface area contributed by atoms with Crippen LogP contribution in [0.5, 0.6) is 5.75 Å². The fourth-order valence-electron chi connectivity index (χ4n) is 2.76. The first-order chi connectivity index (χ1) is 12.7. The van der Waals surface area contributed by atoms with Crippen molar-refractivity contribution in [3.63, 3.8) is 0 Å². The summed E-state index contributed by atoms with van der Waals surface area (Å²) in [5, 5.41) is 12.8. The van der Waals surface area contributed by atoms with E-state index in [9.17, 15) is 5.11 Å². The molecule has 0 saturated carbocycles. The highest BCUT2D eigenvalue weighted by Crippen LogP contribution is 2.21. The van der Waals surface area contributed by atoms with Gasteiger partial charge in [-0.05, 0) is 54.4 Å². The minimum Gasteiger partial charge on any atom is -0.508 e. The maximum Gasteiger partial charge on any atom is 0.180 e. The van der Waals surface area contributed by atoms with E-state index in [1.165, 1.54) is 11.1 Å². The third kappa shape index (κ3) is 3.32. The average Bonchev–Trinajstić information content (AvgIpc) is 2.67. The molecule has 5 heteroatoms. The van der Waals surface area contributed by atoms with Gasteiger partial charge in [-0.1, -0.05) is 24.3 Å². The third-order valence-corrected chi connectivity index (χ3v) is 4.29. The predicted molar refractivity (Wildman–Crippen MR) is 103 cm³/mol. The zero-order valence-electron chi connectivity index (χ0n) is 14.3. The van der Waals surface area contributed by atoms with Gasteiger partial charge in [-0.15, -0.1) is 0 Å². The summed E-state index contributed by atoms with van der Waals surface area (Å²) in [5.41, 5.74) is 5.42. The number of hydrogen-bond acceptors (Lipinski definition) is 5. The molecule has 2 N–H and O–H groups in total. The summed E-state index contributed by atoms with van der Waals surface area (Å²) in [5.74, 6) is 0.987. The van der Waals surface area contributed by atoms with Crippen LogP contribution < -0.4 is 5.32 Å². The van der Waals surface area contributed by atoms with Crippen LogP contribution in [0.4, 0.5) is 5.82 Å². The molecule has 0 unspecified atom stereocenters. The second kappa shape index (κ2) is 6.80. The van der Waals surface area contributed by atoms with Crippen LogP contribution in [0, 0.1) is 6.92 Å². The number of phenolic OH excluding ortho intramolecular Hbond substituents is 1. The van der Waals surface area contributed by atoms with E-state index in [4.69, 9.17) is 0 Å². The van der Waals surface area contributed by atoms with E-state index < -0.39 is 0 Å². The molecule has 26 heavy (non-hydrogen) atoms. The van der Waals surface area contributed by atoms with Crippen LogP contribution in [-0.4, -0.2) is 20.1 Å². The molecular formula is C21H18N4O. The first kappa shape index (κ1) is 16.0. The number of nitrogens with zero attached hydrogens (tertiary/aromatic N) is 3. The number of hydrogen-bond donors (Lipinski definition) is 2. The van der Waals surface area contributed by atoms with Crippen LogP contribution in [0.25, 0.3) is 22.4 Å². The van der Waals surface area contributed by atoms with Gasteiger partial charge in [0.1, 0.15) is 17.1 Å². The Morgan fingerprint density at radius 2 is 1.73 bits per heavy atom. The molecule has 0 bridgehead atoms. The Kier molecular flexibility index (Phi) is 4.19. The predicted octanol–water partition coefficient (Wildman–Crippen LogP) is 4.32. The Labute approximate surface area is 151 Å². The maximum atomic E-state index is 9.43. The standard InChI is InChI=1S/C21H18N4O/c1-14-4-2-3-5-16(14)12-23-20-11-10-18-21(25-20)24-19(13-22-18)15-6-8-17(26)9-7-15/h2-11,13,26H,12H2,1H3,(H,23,24,25). The zero-order chi connectivity index (χ0) is 17.9. The van der Waals surface area contributed by atoms with Gasteiger partial charge >= 0.3 is 0 Å². The number of nitrogens with one attached hydrogen (secondary N) is 1. The maximum absolute atomic E-state index is 9.43. The van der Waals surface area contributed by atoms with Gasteiger partial charge in [0.25, 0.3) is 0 Å². The summed E-state index contributed by atoms with van der Waals surface area (Å²) in [6, 6.07) is 19.0. The Balaban J connectivity index is 1.61. The van der Waals surface area contributed by atoms with E-state index in [0.717, 1.165) is 22.6 Å². The van der Waals surface area contributed by atoms with Crippen molar-refractivity contribution < 1.29 is 5.11 Å². The lowest BCUT2D eigenvalue weighted by Gasteiger charge is -2.09.